The maximum atomic E-state index is 10.9. The fourth-order valence-corrected chi connectivity index (χ4v) is 1.14. The molecule has 0 aliphatic heterocycles. The van der Waals surface area contributed by atoms with E-state index in [0.717, 1.165) is 0 Å². The maximum absolute atomic E-state index is 10.9. The van der Waals surface area contributed by atoms with Gasteiger partial charge in [-0.15, -0.1) is 0 Å². The van der Waals surface area contributed by atoms with Gasteiger partial charge in [-0.25, -0.2) is 0 Å². The van der Waals surface area contributed by atoms with Crippen LogP contribution in [0.4, 0.5) is 0 Å². The van der Waals surface area contributed by atoms with Crippen LogP contribution in [-0.4, -0.2) is 66.6 Å². The zero-order valence-corrected chi connectivity index (χ0v) is 9.42. The number of aliphatic hydroxyl groups excluding tert-OH is 3. The minimum atomic E-state index is -1.40. The Hall–Kier alpha value is -0.730. The fraction of sp³-hybridized carbons (Fsp3) is 0.889. The second-order valence-electron chi connectivity index (χ2n) is 3.23. The molecule has 0 aliphatic carbocycles. The molecule has 0 aromatic carbocycles. The standard InChI is InChI=1S/C9H19NO6/c1-6(12)10-8(7(13)5-15-2)9(14)16-4-3-11/h7-9,11,13-14H,3-5H2,1-2H3,(H,10,12)/t7?,8?,9-/m1/s1. The molecule has 0 aromatic heterocycles. The molecule has 1 amide bonds. The van der Waals surface area contributed by atoms with Crippen LogP contribution >= 0.6 is 0 Å². The van der Waals surface area contributed by atoms with Gasteiger partial charge in [-0.3, -0.25) is 4.79 Å². The van der Waals surface area contributed by atoms with Crippen molar-refractivity contribution in [2.75, 3.05) is 26.9 Å². The molecule has 0 saturated heterocycles. The minimum Gasteiger partial charge on any atom is -0.394 e. The number of ether oxygens (including phenoxy) is 2. The summed E-state index contributed by atoms with van der Waals surface area (Å²) < 4.78 is 9.50. The van der Waals surface area contributed by atoms with Gasteiger partial charge in [-0.05, 0) is 0 Å². The van der Waals surface area contributed by atoms with Crippen LogP contribution in [0.1, 0.15) is 6.92 Å². The molecule has 7 nitrogen and oxygen atoms in total. The highest BCUT2D eigenvalue weighted by molar-refractivity contribution is 5.73. The minimum absolute atomic E-state index is 0.0511. The van der Waals surface area contributed by atoms with Crippen LogP contribution in [0.2, 0.25) is 0 Å². The van der Waals surface area contributed by atoms with E-state index in [1.54, 1.807) is 0 Å². The molecule has 2 unspecified atom stereocenters. The Bertz CT molecular complexity index is 200. The molecule has 0 radical (unpaired) electrons. The normalized spacial score (nSPS) is 16.6. The highest BCUT2D eigenvalue weighted by Crippen LogP contribution is 2.03. The molecular weight excluding hydrogens is 218 g/mol. The third-order valence-corrected chi connectivity index (χ3v) is 1.81. The first kappa shape index (κ1) is 15.3. The van der Waals surface area contributed by atoms with Crippen molar-refractivity contribution in [3.05, 3.63) is 0 Å². The van der Waals surface area contributed by atoms with Gasteiger partial charge in [-0.1, -0.05) is 0 Å². The first-order valence-electron chi connectivity index (χ1n) is 4.87. The Balaban J connectivity index is 4.32. The van der Waals surface area contributed by atoms with Crippen molar-refractivity contribution in [2.24, 2.45) is 0 Å². The predicted octanol–water partition coefficient (Wildman–Crippen LogP) is -2.17. The highest BCUT2D eigenvalue weighted by atomic mass is 16.6. The smallest absolute Gasteiger partial charge is 0.217 e. The summed E-state index contributed by atoms with van der Waals surface area (Å²) in [4.78, 5) is 10.9. The number of aliphatic hydroxyl groups is 3. The van der Waals surface area contributed by atoms with Crippen molar-refractivity contribution in [1.82, 2.24) is 5.32 Å². The van der Waals surface area contributed by atoms with Gasteiger partial charge in [0.15, 0.2) is 6.29 Å². The number of carbonyl (C=O) groups excluding carboxylic acids is 1. The van der Waals surface area contributed by atoms with E-state index in [-0.39, 0.29) is 19.8 Å². The molecular formula is C9H19NO6. The number of rotatable bonds is 8. The average molecular weight is 237 g/mol. The summed E-state index contributed by atoms with van der Waals surface area (Å²) in [5, 5.41) is 30.0. The molecule has 0 fully saturated rings. The van der Waals surface area contributed by atoms with Crippen molar-refractivity contribution < 1.29 is 29.6 Å². The van der Waals surface area contributed by atoms with Gasteiger partial charge >= 0.3 is 0 Å². The van der Waals surface area contributed by atoms with E-state index in [2.05, 4.69) is 5.32 Å². The van der Waals surface area contributed by atoms with Crippen LogP contribution in [0.5, 0.6) is 0 Å². The summed E-state index contributed by atoms with van der Waals surface area (Å²) in [6.07, 6.45) is -2.50. The lowest BCUT2D eigenvalue weighted by Gasteiger charge is -2.27. The monoisotopic (exact) mass is 237 g/mol. The number of nitrogens with one attached hydrogen (secondary N) is 1. The van der Waals surface area contributed by atoms with E-state index < -0.39 is 24.3 Å². The van der Waals surface area contributed by atoms with Crippen LogP contribution in [0.25, 0.3) is 0 Å². The lowest BCUT2D eigenvalue weighted by atomic mass is 10.1. The quantitative estimate of drug-likeness (QED) is 0.358. The van der Waals surface area contributed by atoms with Gasteiger partial charge < -0.3 is 30.1 Å². The van der Waals surface area contributed by atoms with E-state index in [9.17, 15) is 15.0 Å². The lowest BCUT2D eigenvalue weighted by Crippen LogP contribution is -2.52. The Morgan fingerprint density at radius 1 is 1.44 bits per heavy atom. The third-order valence-electron chi connectivity index (χ3n) is 1.81. The van der Waals surface area contributed by atoms with Gasteiger partial charge in [0.1, 0.15) is 12.1 Å². The van der Waals surface area contributed by atoms with Crippen molar-refractivity contribution >= 4 is 5.91 Å². The molecule has 0 bridgehead atoms. The molecule has 16 heavy (non-hydrogen) atoms. The topological polar surface area (TPSA) is 108 Å². The van der Waals surface area contributed by atoms with Crippen molar-refractivity contribution in [3.63, 3.8) is 0 Å². The van der Waals surface area contributed by atoms with Gasteiger partial charge in [0, 0.05) is 14.0 Å². The summed E-state index contributed by atoms with van der Waals surface area (Å²) in [5.74, 6) is -0.410. The SMILES string of the molecule is COCC(O)C(NC(C)=O)[C@H](O)OCCO. The predicted molar refractivity (Wildman–Crippen MR) is 54.5 cm³/mol. The number of hydrogen-bond acceptors (Lipinski definition) is 6. The molecule has 3 atom stereocenters. The average Bonchev–Trinajstić information content (AvgIpc) is 2.22. The largest absolute Gasteiger partial charge is 0.394 e. The Labute approximate surface area is 94.0 Å². The second-order valence-corrected chi connectivity index (χ2v) is 3.23. The Morgan fingerprint density at radius 3 is 2.50 bits per heavy atom. The van der Waals surface area contributed by atoms with E-state index in [4.69, 9.17) is 14.6 Å². The third kappa shape index (κ3) is 5.99. The molecule has 0 aromatic rings. The molecule has 0 saturated carbocycles. The molecule has 4 N–H and O–H groups in total. The Kier molecular flexibility index (Phi) is 8.04. The van der Waals surface area contributed by atoms with Gasteiger partial charge in [-0.2, -0.15) is 0 Å². The van der Waals surface area contributed by atoms with E-state index >= 15 is 0 Å². The first-order chi connectivity index (χ1) is 7.52. The summed E-state index contributed by atoms with van der Waals surface area (Å²) in [6.45, 7) is 0.858. The van der Waals surface area contributed by atoms with Gasteiger partial charge in [0.2, 0.25) is 5.91 Å². The maximum Gasteiger partial charge on any atom is 0.217 e. The van der Waals surface area contributed by atoms with Crippen LogP contribution < -0.4 is 5.32 Å². The number of amides is 1. The van der Waals surface area contributed by atoms with Crippen LogP contribution in [0.15, 0.2) is 0 Å². The highest BCUT2D eigenvalue weighted by Gasteiger charge is 2.28. The zero-order valence-electron chi connectivity index (χ0n) is 9.42. The zero-order chi connectivity index (χ0) is 12.6. The molecule has 7 heteroatoms. The molecule has 0 rings (SSSR count). The first-order valence-corrected chi connectivity index (χ1v) is 4.87. The van der Waals surface area contributed by atoms with Crippen molar-refractivity contribution in [2.45, 2.75) is 25.4 Å². The second kappa shape index (κ2) is 8.43. The lowest BCUT2D eigenvalue weighted by molar-refractivity contribution is -0.156. The van der Waals surface area contributed by atoms with Crippen molar-refractivity contribution in [1.29, 1.82) is 0 Å². The van der Waals surface area contributed by atoms with E-state index in [1.807, 2.05) is 0 Å². The van der Waals surface area contributed by atoms with Crippen LogP contribution in [-0.2, 0) is 14.3 Å². The molecule has 0 spiro atoms. The van der Waals surface area contributed by atoms with Crippen molar-refractivity contribution in [3.8, 4) is 0 Å². The fourth-order valence-electron chi connectivity index (χ4n) is 1.14. The summed E-state index contributed by atoms with van der Waals surface area (Å²) >= 11 is 0. The van der Waals surface area contributed by atoms with E-state index in [0.29, 0.717) is 0 Å². The van der Waals surface area contributed by atoms with Crippen LogP contribution in [0.3, 0.4) is 0 Å². The van der Waals surface area contributed by atoms with Crippen LogP contribution in [0, 0.1) is 0 Å². The summed E-state index contributed by atoms with van der Waals surface area (Å²) in [6, 6.07) is -0.996. The number of hydrogen-bond donors (Lipinski definition) is 4. The summed E-state index contributed by atoms with van der Waals surface area (Å²) in [5.41, 5.74) is 0. The van der Waals surface area contributed by atoms with E-state index in [1.165, 1.54) is 14.0 Å². The summed E-state index contributed by atoms with van der Waals surface area (Å²) in [7, 11) is 1.38. The Morgan fingerprint density at radius 2 is 2.06 bits per heavy atom. The molecule has 0 heterocycles. The van der Waals surface area contributed by atoms with Gasteiger partial charge in [0.05, 0.1) is 19.8 Å². The van der Waals surface area contributed by atoms with Gasteiger partial charge in [0.25, 0.3) is 0 Å². The molecule has 96 valence electrons. The number of carbonyl (C=O) groups is 1. The number of methoxy groups -OCH3 is 1. The molecule has 0 aliphatic rings.